The lowest BCUT2D eigenvalue weighted by molar-refractivity contribution is 0.322. The SMILES string of the molecule is Cc1ccc(OCCNS(=O)(=O)Cc2c(F)cccc2Cl)cc1. The van der Waals surface area contributed by atoms with Crippen molar-refractivity contribution >= 4 is 21.6 Å². The number of ether oxygens (including phenoxy) is 1. The fourth-order valence-electron chi connectivity index (χ4n) is 1.91. The van der Waals surface area contributed by atoms with Crippen molar-refractivity contribution in [3.63, 3.8) is 0 Å². The minimum absolute atomic E-state index is 0.0406. The number of benzene rings is 2. The third-order valence-electron chi connectivity index (χ3n) is 3.11. The van der Waals surface area contributed by atoms with E-state index in [1.807, 2.05) is 31.2 Å². The van der Waals surface area contributed by atoms with Gasteiger partial charge in [0.1, 0.15) is 18.2 Å². The maximum absolute atomic E-state index is 13.6. The van der Waals surface area contributed by atoms with Crippen molar-refractivity contribution in [2.75, 3.05) is 13.2 Å². The van der Waals surface area contributed by atoms with Gasteiger partial charge in [-0.05, 0) is 31.2 Å². The van der Waals surface area contributed by atoms with E-state index in [1.54, 1.807) is 0 Å². The van der Waals surface area contributed by atoms with Crippen LogP contribution in [-0.2, 0) is 15.8 Å². The lowest BCUT2D eigenvalue weighted by atomic mass is 10.2. The molecule has 2 aromatic rings. The van der Waals surface area contributed by atoms with Crippen LogP contribution in [0.2, 0.25) is 5.02 Å². The van der Waals surface area contributed by atoms with Crippen LogP contribution in [0.1, 0.15) is 11.1 Å². The fourth-order valence-corrected chi connectivity index (χ4v) is 3.39. The highest BCUT2D eigenvalue weighted by Gasteiger charge is 2.16. The van der Waals surface area contributed by atoms with Crippen LogP contribution in [0.15, 0.2) is 42.5 Å². The Hall–Kier alpha value is -1.63. The Morgan fingerprint density at radius 3 is 2.52 bits per heavy atom. The number of halogens is 2. The Morgan fingerprint density at radius 1 is 1.17 bits per heavy atom. The molecule has 0 bridgehead atoms. The summed E-state index contributed by atoms with van der Waals surface area (Å²) in [6, 6.07) is 11.5. The third kappa shape index (κ3) is 5.49. The molecule has 7 heteroatoms. The molecule has 2 rings (SSSR count). The van der Waals surface area contributed by atoms with Gasteiger partial charge < -0.3 is 4.74 Å². The molecule has 1 N–H and O–H groups in total. The molecule has 0 unspecified atom stereocenters. The van der Waals surface area contributed by atoms with Crippen molar-refractivity contribution in [2.24, 2.45) is 0 Å². The lowest BCUT2D eigenvalue weighted by Crippen LogP contribution is -2.29. The van der Waals surface area contributed by atoms with Crippen molar-refractivity contribution in [3.05, 3.63) is 64.4 Å². The molecular weight excluding hydrogens is 341 g/mol. The first-order valence-electron chi connectivity index (χ1n) is 6.97. The third-order valence-corrected chi connectivity index (χ3v) is 4.78. The van der Waals surface area contributed by atoms with E-state index >= 15 is 0 Å². The van der Waals surface area contributed by atoms with E-state index in [0.29, 0.717) is 5.75 Å². The Balaban J connectivity index is 1.86. The maximum Gasteiger partial charge on any atom is 0.216 e. The van der Waals surface area contributed by atoms with Crippen LogP contribution < -0.4 is 9.46 Å². The molecule has 23 heavy (non-hydrogen) atoms. The quantitative estimate of drug-likeness (QED) is 0.774. The Morgan fingerprint density at radius 2 is 1.87 bits per heavy atom. The second-order valence-corrected chi connectivity index (χ2v) is 7.23. The number of sulfonamides is 1. The van der Waals surface area contributed by atoms with Gasteiger partial charge in [-0.3, -0.25) is 0 Å². The predicted octanol–water partition coefficient (Wildman–Crippen LogP) is 3.29. The summed E-state index contributed by atoms with van der Waals surface area (Å²) in [4.78, 5) is 0. The zero-order valence-corrected chi connectivity index (χ0v) is 14.1. The molecule has 0 heterocycles. The molecule has 0 atom stereocenters. The standard InChI is InChI=1S/C16H17ClFNO3S/c1-12-5-7-13(8-6-12)22-10-9-19-23(20,21)11-14-15(17)3-2-4-16(14)18/h2-8,19H,9-11H2,1H3. The summed E-state index contributed by atoms with van der Waals surface area (Å²) in [5.41, 5.74) is 1.07. The first kappa shape index (κ1) is 17.7. The van der Waals surface area contributed by atoms with E-state index in [2.05, 4.69) is 4.72 Å². The summed E-state index contributed by atoms with van der Waals surface area (Å²) in [5, 5.41) is 0.0891. The smallest absolute Gasteiger partial charge is 0.216 e. The van der Waals surface area contributed by atoms with E-state index in [-0.39, 0.29) is 23.7 Å². The van der Waals surface area contributed by atoms with E-state index in [0.717, 1.165) is 5.56 Å². The van der Waals surface area contributed by atoms with Crippen molar-refractivity contribution in [1.82, 2.24) is 4.72 Å². The molecule has 0 radical (unpaired) electrons. The average Bonchev–Trinajstić information content (AvgIpc) is 2.49. The molecule has 2 aromatic carbocycles. The summed E-state index contributed by atoms with van der Waals surface area (Å²) in [6.45, 7) is 2.22. The molecule has 0 aliphatic rings. The Kier molecular flexibility index (Phi) is 5.98. The molecule has 0 saturated carbocycles. The molecule has 124 valence electrons. The largest absolute Gasteiger partial charge is 0.492 e. The normalized spacial score (nSPS) is 11.4. The van der Waals surface area contributed by atoms with Crippen LogP contribution >= 0.6 is 11.6 Å². The summed E-state index contributed by atoms with van der Waals surface area (Å²) in [5.74, 6) is -0.492. The molecular formula is C16H17ClFNO3S. The zero-order valence-electron chi connectivity index (χ0n) is 12.6. The van der Waals surface area contributed by atoms with Gasteiger partial charge in [0.05, 0.1) is 5.75 Å². The predicted molar refractivity (Wildman–Crippen MR) is 88.7 cm³/mol. The molecule has 0 spiro atoms. The summed E-state index contributed by atoms with van der Waals surface area (Å²) in [6.07, 6.45) is 0. The highest BCUT2D eigenvalue weighted by molar-refractivity contribution is 7.88. The first-order chi connectivity index (χ1) is 10.9. The maximum atomic E-state index is 13.6. The highest BCUT2D eigenvalue weighted by atomic mass is 35.5. The van der Waals surface area contributed by atoms with Crippen LogP contribution in [0.3, 0.4) is 0 Å². The van der Waals surface area contributed by atoms with Crippen molar-refractivity contribution in [3.8, 4) is 5.75 Å². The van der Waals surface area contributed by atoms with Crippen LogP contribution in [0, 0.1) is 12.7 Å². The summed E-state index contributed by atoms with van der Waals surface area (Å²) < 4.78 is 45.4. The average molecular weight is 358 g/mol. The minimum atomic E-state index is -3.70. The minimum Gasteiger partial charge on any atom is -0.492 e. The second kappa shape index (κ2) is 7.77. The number of aryl methyl sites for hydroxylation is 1. The van der Waals surface area contributed by atoms with E-state index in [1.165, 1.54) is 18.2 Å². The number of rotatable bonds is 7. The van der Waals surface area contributed by atoms with Crippen LogP contribution in [-0.4, -0.2) is 21.6 Å². The first-order valence-corrected chi connectivity index (χ1v) is 9.00. The summed E-state index contributed by atoms with van der Waals surface area (Å²) in [7, 11) is -3.70. The van der Waals surface area contributed by atoms with Crippen molar-refractivity contribution in [1.29, 1.82) is 0 Å². The molecule has 0 aliphatic carbocycles. The molecule has 0 saturated heterocycles. The van der Waals surface area contributed by atoms with Gasteiger partial charge in [0.25, 0.3) is 0 Å². The van der Waals surface area contributed by atoms with Gasteiger partial charge in [0.2, 0.25) is 10.0 Å². The van der Waals surface area contributed by atoms with E-state index in [4.69, 9.17) is 16.3 Å². The monoisotopic (exact) mass is 357 g/mol. The van der Waals surface area contributed by atoms with Crippen LogP contribution in [0.25, 0.3) is 0 Å². The number of nitrogens with one attached hydrogen (secondary N) is 1. The highest BCUT2D eigenvalue weighted by Crippen LogP contribution is 2.20. The molecule has 0 amide bonds. The number of hydrogen-bond donors (Lipinski definition) is 1. The topological polar surface area (TPSA) is 55.4 Å². The van der Waals surface area contributed by atoms with Gasteiger partial charge in [-0.25, -0.2) is 17.5 Å². The van der Waals surface area contributed by atoms with Gasteiger partial charge in [-0.15, -0.1) is 0 Å². The molecule has 0 fully saturated rings. The molecule has 0 aliphatic heterocycles. The summed E-state index contributed by atoms with van der Waals surface area (Å²) >= 11 is 5.83. The van der Waals surface area contributed by atoms with Crippen molar-refractivity contribution < 1.29 is 17.5 Å². The number of hydrogen-bond acceptors (Lipinski definition) is 3. The fraction of sp³-hybridized carbons (Fsp3) is 0.250. The second-order valence-electron chi connectivity index (χ2n) is 5.02. The van der Waals surface area contributed by atoms with E-state index in [9.17, 15) is 12.8 Å². The van der Waals surface area contributed by atoms with Gasteiger partial charge in [-0.2, -0.15) is 0 Å². The lowest BCUT2D eigenvalue weighted by Gasteiger charge is -2.10. The van der Waals surface area contributed by atoms with Gasteiger partial charge in [0.15, 0.2) is 0 Å². The molecule has 4 nitrogen and oxygen atoms in total. The van der Waals surface area contributed by atoms with Crippen molar-refractivity contribution in [2.45, 2.75) is 12.7 Å². The van der Waals surface area contributed by atoms with Crippen LogP contribution in [0.5, 0.6) is 5.75 Å². The Labute approximate surface area is 140 Å². The van der Waals surface area contributed by atoms with Gasteiger partial charge >= 0.3 is 0 Å². The van der Waals surface area contributed by atoms with Crippen LogP contribution in [0.4, 0.5) is 4.39 Å². The Bertz CT molecular complexity index is 743. The van der Waals surface area contributed by atoms with Gasteiger partial charge in [0, 0.05) is 17.1 Å². The zero-order chi connectivity index (χ0) is 16.9. The van der Waals surface area contributed by atoms with E-state index < -0.39 is 21.6 Å². The van der Waals surface area contributed by atoms with Gasteiger partial charge in [-0.1, -0.05) is 35.4 Å². The molecule has 0 aromatic heterocycles.